The van der Waals surface area contributed by atoms with Gasteiger partial charge in [-0.25, -0.2) is 19.9 Å². The summed E-state index contributed by atoms with van der Waals surface area (Å²) < 4.78 is 0. The molecule has 0 spiro atoms. The summed E-state index contributed by atoms with van der Waals surface area (Å²) in [6, 6.07) is 7.72. The number of aromatic amines is 2. The third-order valence-corrected chi connectivity index (χ3v) is 6.06. The molecule has 0 aliphatic rings. The van der Waals surface area contributed by atoms with Gasteiger partial charge in [-0.15, -0.1) is 0 Å². The van der Waals surface area contributed by atoms with E-state index < -0.39 is 0 Å². The van der Waals surface area contributed by atoms with Crippen LogP contribution in [0.1, 0.15) is 65.3 Å². The van der Waals surface area contributed by atoms with Crippen molar-refractivity contribution in [1.82, 2.24) is 29.9 Å². The number of benzene rings is 1. The minimum atomic E-state index is -0.185. The maximum Gasteiger partial charge on any atom is 0.159 e. The van der Waals surface area contributed by atoms with Crippen LogP contribution >= 0.6 is 0 Å². The first-order valence-electron chi connectivity index (χ1n) is 11.5. The van der Waals surface area contributed by atoms with E-state index in [1.807, 2.05) is 30.5 Å². The molecule has 2 atom stereocenters. The second-order valence-corrected chi connectivity index (χ2v) is 10.9. The van der Waals surface area contributed by atoms with E-state index in [0.29, 0.717) is 5.82 Å². The molecule has 0 fully saturated rings. The van der Waals surface area contributed by atoms with Gasteiger partial charge >= 0.3 is 0 Å². The second-order valence-electron chi connectivity index (χ2n) is 10.9. The first kappa shape index (κ1) is 23.8. The van der Waals surface area contributed by atoms with Crippen LogP contribution in [0.5, 0.6) is 0 Å². The monoisotopic (exact) mass is 458 g/mol. The zero-order valence-corrected chi connectivity index (χ0v) is 20.7. The molecule has 0 saturated heterocycles. The van der Waals surface area contributed by atoms with E-state index in [0.717, 1.165) is 39.7 Å². The molecular formula is C26H34N8. The third-order valence-electron chi connectivity index (χ3n) is 6.06. The summed E-state index contributed by atoms with van der Waals surface area (Å²) in [5.74, 6) is 2.20. The standard InChI is InChI=1S/C26H34N8/c1-25(2,3)20(27)23-31-13-18(33-23)15-7-9-16(10-8-15)22-29-11-17(12-30-22)19-14-32-24(34-19)21(28)26(4,5)6/h7-14,20-21H,27-28H2,1-6H3,(H,31,33)(H,32,34)/t20-,21-/m1/s1. The van der Waals surface area contributed by atoms with E-state index in [1.54, 1.807) is 18.6 Å². The molecule has 4 aromatic rings. The average molecular weight is 459 g/mol. The Morgan fingerprint density at radius 3 is 1.44 bits per heavy atom. The van der Waals surface area contributed by atoms with Crippen LogP contribution in [-0.2, 0) is 0 Å². The lowest BCUT2D eigenvalue weighted by Crippen LogP contribution is -2.27. The van der Waals surface area contributed by atoms with Crippen LogP contribution in [0.3, 0.4) is 0 Å². The highest BCUT2D eigenvalue weighted by Gasteiger charge is 2.26. The summed E-state index contributed by atoms with van der Waals surface area (Å²) in [4.78, 5) is 24.7. The molecule has 0 unspecified atom stereocenters. The summed E-state index contributed by atoms with van der Waals surface area (Å²) in [5.41, 5.74) is 17.1. The molecule has 4 rings (SSSR count). The minimum absolute atomic E-state index is 0.0706. The highest BCUT2D eigenvalue weighted by atomic mass is 15.0. The van der Waals surface area contributed by atoms with Crippen molar-refractivity contribution in [2.24, 2.45) is 22.3 Å². The van der Waals surface area contributed by atoms with Crippen molar-refractivity contribution in [2.75, 3.05) is 0 Å². The minimum Gasteiger partial charge on any atom is -0.341 e. The van der Waals surface area contributed by atoms with Crippen LogP contribution in [0, 0.1) is 10.8 Å². The normalized spacial score (nSPS) is 14.2. The summed E-state index contributed by atoms with van der Waals surface area (Å²) in [5, 5.41) is 0. The molecular weight excluding hydrogens is 424 g/mol. The van der Waals surface area contributed by atoms with Gasteiger partial charge in [-0.3, -0.25) is 0 Å². The SMILES string of the molecule is CC(C)(C)[C@H](N)c1ncc(-c2ccc(-c3ncc(-c4cnc([C@@H](N)C(C)(C)C)[nH]4)cn3)cc2)[nH]1. The number of H-pyrrole nitrogens is 2. The highest BCUT2D eigenvalue weighted by molar-refractivity contribution is 5.66. The third kappa shape index (κ3) is 4.93. The molecule has 178 valence electrons. The van der Waals surface area contributed by atoms with Crippen molar-refractivity contribution < 1.29 is 0 Å². The van der Waals surface area contributed by atoms with Crippen molar-refractivity contribution in [3.8, 4) is 33.9 Å². The average Bonchev–Trinajstić information content (AvgIpc) is 3.47. The van der Waals surface area contributed by atoms with Gasteiger partial charge in [0.15, 0.2) is 5.82 Å². The van der Waals surface area contributed by atoms with Crippen LogP contribution in [0.15, 0.2) is 49.1 Å². The van der Waals surface area contributed by atoms with Gasteiger partial charge in [0.25, 0.3) is 0 Å². The smallest absolute Gasteiger partial charge is 0.159 e. The van der Waals surface area contributed by atoms with Gasteiger partial charge < -0.3 is 21.4 Å². The fourth-order valence-electron chi connectivity index (χ4n) is 3.52. The lowest BCUT2D eigenvalue weighted by molar-refractivity contribution is 0.316. The molecule has 8 nitrogen and oxygen atoms in total. The van der Waals surface area contributed by atoms with Crippen molar-refractivity contribution >= 4 is 0 Å². The molecule has 34 heavy (non-hydrogen) atoms. The number of nitrogens with two attached hydrogens (primary N) is 2. The van der Waals surface area contributed by atoms with Crippen LogP contribution in [0.2, 0.25) is 0 Å². The number of hydrogen-bond donors (Lipinski definition) is 4. The second kappa shape index (κ2) is 8.77. The molecule has 6 N–H and O–H groups in total. The largest absolute Gasteiger partial charge is 0.341 e. The van der Waals surface area contributed by atoms with Crippen LogP contribution in [0.25, 0.3) is 33.9 Å². The fraction of sp³-hybridized carbons (Fsp3) is 0.385. The highest BCUT2D eigenvalue weighted by Crippen LogP contribution is 2.31. The van der Waals surface area contributed by atoms with Crippen molar-refractivity contribution in [3.63, 3.8) is 0 Å². The molecule has 0 amide bonds. The maximum absolute atomic E-state index is 6.33. The Morgan fingerprint density at radius 2 is 1.00 bits per heavy atom. The first-order valence-corrected chi connectivity index (χ1v) is 11.5. The maximum atomic E-state index is 6.33. The van der Waals surface area contributed by atoms with E-state index in [9.17, 15) is 0 Å². The Kier molecular flexibility index (Phi) is 6.14. The van der Waals surface area contributed by atoms with Gasteiger partial charge in [0, 0.05) is 23.5 Å². The summed E-state index contributed by atoms with van der Waals surface area (Å²) in [6.07, 6.45) is 7.19. The molecule has 0 aliphatic carbocycles. The van der Waals surface area contributed by atoms with Gasteiger partial charge in [-0.1, -0.05) is 65.8 Å². The number of imidazole rings is 2. The predicted octanol–water partition coefficient (Wildman–Crippen LogP) is 5.02. The zero-order valence-electron chi connectivity index (χ0n) is 20.7. The summed E-state index contributed by atoms with van der Waals surface area (Å²) >= 11 is 0. The number of hydrogen-bond acceptors (Lipinski definition) is 6. The topological polar surface area (TPSA) is 135 Å². The van der Waals surface area contributed by atoms with Crippen molar-refractivity contribution in [1.29, 1.82) is 0 Å². The summed E-state index contributed by atoms with van der Waals surface area (Å²) in [6.45, 7) is 12.6. The number of aromatic nitrogens is 6. The zero-order chi connectivity index (χ0) is 24.7. The van der Waals surface area contributed by atoms with E-state index >= 15 is 0 Å². The van der Waals surface area contributed by atoms with Gasteiger partial charge in [0.05, 0.1) is 35.9 Å². The molecule has 0 bridgehead atoms. The van der Waals surface area contributed by atoms with Gasteiger partial charge in [-0.05, 0) is 16.4 Å². The molecule has 3 heterocycles. The Morgan fingerprint density at radius 1 is 0.588 bits per heavy atom. The van der Waals surface area contributed by atoms with Crippen LogP contribution < -0.4 is 11.5 Å². The Hall–Kier alpha value is -3.36. The Labute approximate surface area is 200 Å². The molecule has 0 aliphatic heterocycles. The Bertz CT molecular complexity index is 1140. The van der Waals surface area contributed by atoms with Crippen molar-refractivity contribution in [3.05, 3.63) is 60.7 Å². The fourth-order valence-corrected chi connectivity index (χ4v) is 3.52. The summed E-state index contributed by atoms with van der Waals surface area (Å²) in [7, 11) is 0. The first-order chi connectivity index (χ1) is 15.9. The van der Waals surface area contributed by atoms with Gasteiger partial charge in [-0.2, -0.15) is 0 Å². The number of nitrogens with one attached hydrogen (secondary N) is 2. The molecule has 1 aromatic carbocycles. The van der Waals surface area contributed by atoms with Gasteiger partial charge in [0.2, 0.25) is 0 Å². The van der Waals surface area contributed by atoms with E-state index in [4.69, 9.17) is 11.5 Å². The van der Waals surface area contributed by atoms with E-state index in [-0.39, 0.29) is 22.9 Å². The van der Waals surface area contributed by atoms with Crippen molar-refractivity contribution in [2.45, 2.75) is 53.6 Å². The van der Waals surface area contributed by atoms with E-state index in [1.165, 1.54) is 0 Å². The predicted molar refractivity (Wildman–Crippen MR) is 135 cm³/mol. The quantitative estimate of drug-likeness (QED) is 0.332. The number of rotatable bonds is 5. The van der Waals surface area contributed by atoms with Crippen LogP contribution in [0.4, 0.5) is 0 Å². The molecule has 3 aromatic heterocycles. The number of nitrogens with zero attached hydrogens (tertiary/aromatic N) is 4. The van der Waals surface area contributed by atoms with Crippen LogP contribution in [-0.4, -0.2) is 29.9 Å². The molecule has 0 saturated carbocycles. The Balaban J connectivity index is 1.49. The van der Waals surface area contributed by atoms with Gasteiger partial charge in [0.1, 0.15) is 11.6 Å². The lowest BCUT2D eigenvalue weighted by atomic mass is 9.87. The molecule has 0 radical (unpaired) electrons. The van der Waals surface area contributed by atoms with E-state index in [2.05, 4.69) is 71.4 Å². The lowest BCUT2D eigenvalue weighted by Gasteiger charge is -2.25. The molecule has 8 heteroatoms.